The predicted molar refractivity (Wildman–Crippen MR) is 124 cm³/mol. The van der Waals surface area contributed by atoms with Gasteiger partial charge in [0.15, 0.2) is 0 Å². The van der Waals surface area contributed by atoms with Gasteiger partial charge in [-0.1, -0.05) is 79.6 Å². The number of carbonyl (C=O) groups is 1. The fourth-order valence-electron chi connectivity index (χ4n) is 4.10. The van der Waals surface area contributed by atoms with E-state index in [2.05, 4.69) is 45.0 Å². The number of esters is 1. The van der Waals surface area contributed by atoms with Crippen molar-refractivity contribution in [2.75, 3.05) is 0 Å². The lowest BCUT2D eigenvalue weighted by atomic mass is 9.87. The summed E-state index contributed by atoms with van der Waals surface area (Å²) in [6.07, 6.45) is 2.98. The highest BCUT2D eigenvalue weighted by molar-refractivity contribution is 5.80. The van der Waals surface area contributed by atoms with Gasteiger partial charge >= 0.3 is 5.97 Å². The van der Waals surface area contributed by atoms with Crippen molar-refractivity contribution in [3.8, 4) is 11.5 Å². The Labute approximate surface area is 184 Å². The van der Waals surface area contributed by atoms with Crippen molar-refractivity contribution in [2.45, 2.75) is 33.8 Å². The average Bonchev–Trinajstić information content (AvgIpc) is 3.15. The number of hydrogen-bond acceptors (Lipinski definition) is 3. The summed E-state index contributed by atoms with van der Waals surface area (Å²) in [5.41, 5.74) is 5.78. The van der Waals surface area contributed by atoms with Crippen LogP contribution < -0.4 is 4.74 Å². The molecule has 31 heavy (non-hydrogen) atoms. The van der Waals surface area contributed by atoms with Crippen molar-refractivity contribution >= 4 is 12.0 Å². The second kappa shape index (κ2) is 9.22. The molecule has 4 rings (SSSR count). The number of fused-ring (bicyclic) bond motifs is 1. The molecule has 0 N–H and O–H groups in total. The van der Waals surface area contributed by atoms with E-state index in [1.54, 1.807) is 0 Å². The first-order valence-corrected chi connectivity index (χ1v) is 10.8. The van der Waals surface area contributed by atoms with Crippen molar-refractivity contribution in [3.63, 3.8) is 0 Å². The third-order valence-electron chi connectivity index (χ3n) is 5.62. The second-order valence-electron chi connectivity index (χ2n) is 8.49. The number of para-hydroxylation sites is 1. The first-order valence-electron chi connectivity index (χ1n) is 10.8. The molecular weight excluding hydrogens is 384 g/mol. The molecule has 0 fully saturated rings. The molecular formula is C28H28O3. The highest BCUT2D eigenvalue weighted by Gasteiger charge is 2.30. The molecule has 3 heteroatoms. The van der Waals surface area contributed by atoms with Gasteiger partial charge < -0.3 is 9.47 Å². The van der Waals surface area contributed by atoms with Crippen molar-refractivity contribution in [1.29, 1.82) is 0 Å². The fraction of sp³-hybridized carbons (Fsp3) is 0.250. The van der Waals surface area contributed by atoms with E-state index in [0.29, 0.717) is 0 Å². The van der Waals surface area contributed by atoms with Crippen molar-refractivity contribution in [2.24, 2.45) is 11.8 Å². The Morgan fingerprint density at radius 3 is 2.48 bits per heavy atom. The summed E-state index contributed by atoms with van der Waals surface area (Å²) in [7, 11) is 0. The number of hydrogen-bond donors (Lipinski definition) is 0. The third-order valence-corrected chi connectivity index (χ3v) is 5.62. The molecule has 3 aromatic rings. The Balaban J connectivity index is 1.42. The highest BCUT2D eigenvalue weighted by Crippen LogP contribution is 2.34. The van der Waals surface area contributed by atoms with Crippen LogP contribution in [0.3, 0.4) is 0 Å². The van der Waals surface area contributed by atoms with Crippen LogP contribution in [0.4, 0.5) is 0 Å². The lowest BCUT2D eigenvalue weighted by Crippen LogP contribution is -2.25. The van der Waals surface area contributed by atoms with Crippen molar-refractivity contribution in [3.05, 3.63) is 101 Å². The zero-order chi connectivity index (χ0) is 21.8. The van der Waals surface area contributed by atoms with E-state index in [1.807, 2.05) is 54.6 Å². The maximum Gasteiger partial charge on any atom is 0.313 e. The van der Waals surface area contributed by atoms with E-state index in [1.165, 1.54) is 16.7 Å². The zero-order valence-corrected chi connectivity index (χ0v) is 18.3. The van der Waals surface area contributed by atoms with Crippen LogP contribution in [0.25, 0.3) is 6.08 Å². The van der Waals surface area contributed by atoms with E-state index in [9.17, 15) is 4.79 Å². The SMILES string of the molecule is Cc1ccc2c(c1)C=C(C(C(=O)OCc1cccc(Oc3ccccc3)c1)C(C)C)C2. The summed E-state index contributed by atoms with van der Waals surface area (Å²) in [6.45, 7) is 6.48. The van der Waals surface area contributed by atoms with Crippen LogP contribution in [0.2, 0.25) is 0 Å². The monoisotopic (exact) mass is 412 g/mol. The van der Waals surface area contributed by atoms with E-state index in [4.69, 9.17) is 9.47 Å². The van der Waals surface area contributed by atoms with Crippen LogP contribution >= 0.6 is 0 Å². The van der Waals surface area contributed by atoms with Gasteiger partial charge in [-0.2, -0.15) is 0 Å². The molecule has 0 heterocycles. The Morgan fingerprint density at radius 2 is 1.71 bits per heavy atom. The Kier molecular flexibility index (Phi) is 6.22. The fourth-order valence-corrected chi connectivity index (χ4v) is 4.10. The summed E-state index contributed by atoms with van der Waals surface area (Å²) in [5, 5.41) is 0. The van der Waals surface area contributed by atoms with Crippen LogP contribution in [0.5, 0.6) is 11.5 Å². The van der Waals surface area contributed by atoms with Gasteiger partial charge in [-0.15, -0.1) is 0 Å². The Hall–Kier alpha value is -3.33. The smallest absolute Gasteiger partial charge is 0.313 e. The molecule has 0 aliphatic heterocycles. The maximum absolute atomic E-state index is 13.0. The van der Waals surface area contributed by atoms with Crippen LogP contribution in [0.1, 0.15) is 36.1 Å². The van der Waals surface area contributed by atoms with Gasteiger partial charge in [0.25, 0.3) is 0 Å². The third kappa shape index (κ3) is 5.05. The highest BCUT2D eigenvalue weighted by atomic mass is 16.5. The molecule has 0 bridgehead atoms. The number of ether oxygens (including phenoxy) is 2. The van der Waals surface area contributed by atoms with E-state index >= 15 is 0 Å². The topological polar surface area (TPSA) is 35.5 Å². The van der Waals surface area contributed by atoms with Gasteiger partial charge in [0, 0.05) is 0 Å². The lowest BCUT2D eigenvalue weighted by molar-refractivity contribution is -0.149. The summed E-state index contributed by atoms with van der Waals surface area (Å²) in [6, 6.07) is 23.8. The zero-order valence-electron chi connectivity index (χ0n) is 18.3. The molecule has 0 saturated carbocycles. The summed E-state index contributed by atoms with van der Waals surface area (Å²) in [5.74, 6) is 1.27. The van der Waals surface area contributed by atoms with Gasteiger partial charge in [-0.3, -0.25) is 4.79 Å². The molecule has 1 unspecified atom stereocenters. The number of benzene rings is 3. The second-order valence-corrected chi connectivity index (χ2v) is 8.49. The molecule has 0 radical (unpaired) electrons. The molecule has 0 spiro atoms. The summed E-state index contributed by atoms with van der Waals surface area (Å²) >= 11 is 0. The van der Waals surface area contributed by atoms with Crippen molar-refractivity contribution in [1.82, 2.24) is 0 Å². The minimum absolute atomic E-state index is 0.167. The summed E-state index contributed by atoms with van der Waals surface area (Å²) in [4.78, 5) is 13.0. The average molecular weight is 413 g/mol. The quantitative estimate of drug-likeness (QED) is 0.403. The molecule has 0 aromatic heterocycles. The molecule has 0 amide bonds. The molecule has 0 saturated heterocycles. The van der Waals surface area contributed by atoms with Crippen LogP contribution in [0.15, 0.2) is 78.4 Å². The van der Waals surface area contributed by atoms with Crippen LogP contribution in [-0.4, -0.2) is 5.97 Å². The van der Waals surface area contributed by atoms with Crippen LogP contribution in [-0.2, 0) is 22.6 Å². The first-order chi connectivity index (χ1) is 15.0. The molecule has 158 valence electrons. The van der Waals surface area contributed by atoms with E-state index < -0.39 is 0 Å². The Bertz CT molecular complexity index is 1100. The van der Waals surface area contributed by atoms with Gasteiger partial charge in [0.1, 0.15) is 18.1 Å². The Morgan fingerprint density at radius 1 is 0.935 bits per heavy atom. The lowest BCUT2D eigenvalue weighted by Gasteiger charge is -2.21. The summed E-state index contributed by atoms with van der Waals surface area (Å²) < 4.78 is 11.6. The van der Waals surface area contributed by atoms with Gasteiger partial charge in [-0.25, -0.2) is 0 Å². The standard InChI is InChI=1S/C28H28O3/c1-19(2)27(24-16-22-13-12-20(3)14-23(22)17-24)28(29)30-18-21-8-7-11-26(15-21)31-25-9-5-4-6-10-25/h4-15,17,19,27H,16,18H2,1-3H3. The molecule has 3 nitrogen and oxygen atoms in total. The largest absolute Gasteiger partial charge is 0.460 e. The van der Waals surface area contributed by atoms with Crippen LogP contribution in [0, 0.1) is 18.8 Å². The first kappa shape index (κ1) is 20.9. The molecule has 1 aliphatic carbocycles. The maximum atomic E-state index is 13.0. The van der Waals surface area contributed by atoms with Gasteiger partial charge in [0.05, 0.1) is 5.92 Å². The van der Waals surface area contributed by atoms with Gasteiger partial charge in [0.2, 0.25) is 0 Å². The number of aryl methyl sites for hydroxylation is 1. The van der Waals surface area contributed by atoms with Gasteiger partial charge in [-0.05, 0) is 60.2 Å². The number of carbonyl (C=O) groups excluding carboxylic acids is 1. The molecule has 1 aliphatic rings. The predicted octanol–water partition coefficient (Wildman–Crippen LogP) is 6.74. The number of rotatable bonds is 7. The minimum Gasteiger partial charge on any atom is -0.460 e. The normalized spacial score (nSPS) is 13.5. The minimum atomic E-state index is -0.239. The van der Waals surface area contributed by atoms with E-state index in [-0.39, 0.29) is 24.4 Å². The van der Waals surface area contributed by atoms with Crippen molar-refractivity contribution < 1.29 is 14.3 Å². The van der Waals surface area contributed by atoms with E-state index in [0.717, 1.165) is 29.1 Å². The molecule has 1 atom stereocenters. The molecule has 3 aromatic carbocycles.